The van der Waals surface area contributed by atoms with Gasteiger partial charge in [-0.1, -0.05) is 76.2 Å². The van der Waals surface area contributed by atoms with Gasteiger partial charge in [0, 0.05) is 16.2 Å². The molecule has 0 aliphatic carbocycles. The van der Waals surface area contributed by atoms with Crippen molar-refractivity contribution < 1.29 is 13.9 Å². The summed E-state index contributed by atoms with van der Waals surface area (Å²) < 4.78 is 12.8. The average Bonchev–Trinajstić information content (AvgIpc) is 3.36. The number of halogens is 5. The summed E-state index contributed by atoms with van der Waals surface area (Å²) in [6.45, 7) is 0.398. The van der Waals surface area contributed by atoms with E-state index in [4.69, 9.17) is 67.2 Å². The summed E-state index contributed by atoms with van der Waals surface area (Å²) in [4.78, 5) is 12.6. The van der Waals surface area contributed by atoms with Crippen LogP contribution in [0.1, 0.15) is 21.9 Å². The molecule has 6 nitrogen and oxygen atoms in total. The maximum absolute atomic E-state index is 12.6. The third-order valence-corrected chi connectivity index (χ3v) is 5.87. The second-order valence-corrected chi connectivity index (χ2v) is 8.89. The molecule has 170 valence electrons. The normalized spacial score (nSPS) is 10.9. The van der Waals surface area contributed by atoms with E-state index in [1.807, 2.05) is 18.2 Å². The van der Waals surface area contributed by atoms with Gasteiger partial charge in [0.25, 0.3) is 5.91 Å². The summed E-state index contributed by atoms with van der Waals surface area (Å²) in [7, 11) is 0. The Bertz CT molecular complexity index is 1300. The molecule has 0 bridgehead atoms. The van der Waals surface area contributed by atoms with Crippen LogP contribution in [0, 0.1) is 0 Å². The van der Waals surface area contributed by atoms with E-state index >= 15 is 0 Å². The van der Waals surface area contributed by atoms with Crippen molar-refractivity contribution in [1.82, 2.24) is 9.78 Å². The number of furan rings is 1. The highest BCUT2D eigenvalue weighted by atomic mass is 35.5. The minimum atomic E-state index is -0.520. The summed E-state index contributed by atoms with van der Waals surface area (Å²) in [6, 6.07) is 13.5. The zero-order valence-corrected chi connectivity index (χ0v) is 20.4. The van der Waals surface area contributed by atoms with Gasteiger partial charge in [0.1, 0.15) is 17.4 Å². The van der Waals surface area contributed by atoms with Crippen molar-refractivity contribution in [2.45, 2.75) is 13.2 Å². The molecule has 0 spiro atoms. The maximum Gasteiger partial charge on any atom is 0.292 e. The summed E-state index contributed by atoms with van der Waals surface area (Å²) in [6.07, 6.45) is 1.60. The number of ether oxygens (including phenoxy) is 1. The van der Waals surface area contributed by atoms with Crippen LogP contribution in [-0.4, -0.2) is 15.7 Å². The predicted octanol–water partition coefficient (Wildman–Crippen LogP) is 7.62. The highest BCUT2D eigenvalue weighted by Crippen LogP contribution is 2.36. The Morgan fingerprint density at radius 1 is 0.970 bits per heavy atom. The Balaban J connectivity index is 1.40. The highest BCUT2D eigenvalue weighted by Gasteiger charge is 2.17. The molecule has 0 aliphatic rings. The van der Waals surface area contributed by atoms with Gasteiger partial charge in [-0.2, -0.15) is 5.10 Å². The molecule has 0 aliphatic heterocycles. The van der Waals surface area contributed by atoms with Crippen LogP contribution in [0.25, 0.3) is 0 Å². The van der Waals surface area contributed by atoms with Crippen LogP contribution in [0.5, 0.6) is 5.75 Å². The van der Waals surface area contributed by atoms with E-state index in [1.165, 1.54) is 18.2 Å². The summed E-state index contributed by atoms with van der Waals surface area (Å²) >= 11 is 30.5. The fraction of sp³-hybridized carbons (Fsp3) is 0.0909. The first-order chi connectivity index (χ1) is 15.8. The average molecular weight is 546 g/mol. The zero-order valence-electron chi connectivity index (χ0n) is 16.6. The van der Waals surface area contributed by atoms with E-state index in [0.29, 0.717) is 22.4 Å². The van der Waals surface area contributed by atoms with E-state index in [9.17, 15) is 4.79 Å². The molecule has 0 saturated carbocycles. The minimum absolute atomic E-state index is 0.00156. The van der Waals surface area contributed by atoms with Gasteiger partial charge in [0.05, 0.1) is 16.6 Å². The standard InChI is InChI=1S/C22H14Cl5N3O3/c23-13-7-16(25)20(17(26)8-13)32-11-14-5-6-19(33-14)22(31)28-21-18(27)10-30(29-21)9-12-3-1-2-4-15(12)24/h1-8,10H,9,11H2,(H,28,29,31). The molecule has 0 unspecified atom stereocenters. The lowest BCUT2D eigenvalue weighted by atomic mass is 10.2. The highest BCUT2D eigenvalue weighted by molar-refractivity contribution is 6.40. The van der Waals surface area contributed by atoms with Crippen molar-refractivity contribution in [1.29, 1.82) is 0 Å². The molecule has 1 N–H and O–H groups in total. The van der Waals surface area contributed by atoms with Gasteiger partial charge in [-0.25, -0.2) is 0 Å². The van der Waals surface area contributed by atoms with Gasteiger partial charge in [-0.3, -0.25) is 9.48 Å². The Hall–Kier alpha value is -2.35. The molecule has 1 amide bonds. The monoisotopic (exact) mass is 543 g/mol. The summed E-state index contributed by atoms with van der Waals surface area (Å²) in [5.74, 6) is 0.383. The number of amides is 1. The maximum atomic E-state index is 12.6. The number of nitrogens with one attached hydrogen (secondary N) is 1. The number of anilines is 1. The van der Waals surface area contributed by atoms with Crippen LogP contribution < -0.4 is 10.1 Å². The van der Waals surface area contributed by atoms with Crippen LogP contribution in [0.2, 0.25) is 25.1 Å². The number of benzene rings is 2. The zero-order chi connectivity index (χ0) is 23.5. The number of rotatable bonds is 7. The van der Waals surface area contributed by atoms with Gasteiger partial charge >= 0.3 is 0 Å². The molecule has 11 heteroatoms. The lowest BCUT2D eigenvalue weighted by Gasteiger charge is -2.09. The van der Waals surface area contributed by atoms with Gasteiger partial charge in [0.2, 0.25) is 0 Å². The van der Waals surface area contributed by atoms with Crippen LogP contribution in [0.4, 0.5) is 5.82 Å². The smallest absolute Gasteiger partial charge is 0.292 e. The van der Waals surface area contributed by atoms with Crippen LogP contribution in [-0.2, 0) is 13.2 Å². The molecule has 2 aromatic heterocycles. The first-order valence-electron chi connectivity index (χ1n) is 9.44. The Kier molecular flexibility index (Phi) is 7.41. The molecule has 4 aromatic rings. The summed E-state index contributed by atoms with van der Waals surface area (Å²) in [5, 5.41) is 8.74. The van der Waals surface area contributed by atoms with Crippen molar-refractivity contribution >= 4 is 69.7 Å². The molecule has 0 fully saturated rings. The fourth-order valence-electron chi connectivity index (χ4n) is 2.92. The largest absolute Gasteiger partial charge is 0.483 e. The third kappa shape index (κ3) is 5.78. The van der Waals surface area contributed by atoms with Crippen LogP contribution in [0.3, 0.4) is 0 Å². The van der Waals surface area contributed by atoms with Gasteiger partial charge < -0.3 is 14.5 Å². The van der Waals surface area contributed by atoms with Crippen LogP contribution >= 0.6 is 58.0 Å². The van der Waals surface area contributed by atoms with Crippen molar-refractivity contribution in [2.24, 2.45) is 0 Å². The van der Waals surface area contributed by atoms with E-state index in [1.54, 1.807) is 23.0 Å². The molecule has 2 aromatic carbocycles. The molecule has 0 atom stereocenters. The quantitative estimate of drug-likeness (QED) is 0.259. The van der Waals surface area contributed by atoms with Crippen molar-refractivity contribution in [3.05, 3.63) is 96.9 Å². The lowest BCUT2D eigenvalue weighted by molar-refractivity contribution is 0.0992. The Labute approximate surface area is 213 Å². The van der Waals surface area contributed by atoms with Crippen molar-refractivity contribution in [2.75, 3.05) is 5.32 Å². The molecule has 2 heterocycles. The molecule has 0 saturated heterocycles. The molecule has 0 radical (unpaired) electrons. The lowest BCUT2D eigenvalue weighted by Crippen LogP contribution is -2.12. The number of nitrogens with zero attached hydrogens (tertiary/aromatic N) is 2. The van der Waals surface area contributed by atoms with E-state index in [0.717, 1.165) is 5.56 Å². The molecule has 4 rings (SSSR count). The number of carbonyl (C=O) groups excluding carboxylic acids is 1. The number of hydrogen-bond acceptors (Lipinski definition) is 4. The van der Waals surface area contributed by atoms with Crippen LogP contribution in [0.15, 0.2) is 59.1 Å². The Morgan fingerprint density at radius 3 is 2.42 bits per heavy atom. The molecule has 33 heavy (non-hydrogen) atoms. The van der Waals surface area contributed by atoms with Gasteiger partial charge in [0.15, 0.2) is 17.3 Å². The first-order valence-corrected chi connectivity index (χ1v) is 11.3. The second kappa shape index (κ2) is 10.3. The molecular formula is C22H14Cl5N3O3. The number of hydrogen-bond donors (Lipinski definition) is 1. The van der Waals surface area contributed by atoms with E-state index in [-0.39, 0.29) is 39.0 Å². The first kappa shape index (κ1) is 23.8. The Morgan fingerprint density at radius 2 is 1.70 bits per heavy atom. The fourth-order valence-corrected chi connectivity index (χ4v) is 4.24. The number of aromatic nitrogens is 2. The molecular weight excluding hydrogens is 532 g/mol. The third-order valence-electron chi connectivity index (χ3n) is 4.45. The van der Waals surface area contributed by atoms with Crippen molar-refractivity contribution in [3.63, 3.8) is 0 Å². The van der Waals surface area contributed by atoms with Gasteiger partial charge in [-0.15, -0.1) is 0 Å². The topological polar surface area (TPSA) is 69.3 Å². The number of carbonyl (C=O) groups is 1. The SMILES string of the molecule is O=C(Nc1nn(Cc2ccccc2Cl)cc1Cl)c1ccc(COc2c(Cl)cc(Cl)cc2Cl)o1. The second-order valence-electron chi connectivity index (χ2n) is 6.82. The van der Waals surface area contributed by atoms with E-state index in [2.05, 4.69) is 10.4 Å². The summed E-state index contributed by atoms with van der Waals surface area (Å²) in [5.41, 5.74) is 0.868. The minimum Gasteiger partial charge on any atom is -0.483 e. The van der Waals surface area contributed by atoms with Crippen molar-refractivity contribution in [3.8, 4) is 5.75 Å². The predicted molar refractivity (Wildman–Crippen MR) is 130 cm³/mol. The van der Waals surface area contributed by atoms with E-state index < -0.39 is 5.91 Å². The van der Waals surface area contributed by atoms with Gasteiger partial charge in [-0.05, 0) is 35.9 Å².